The Hall–Kier alpha value is -4.24. The van der Waals surface area contributed by atoms with E-state index in [1.54, 1.807) is 14.2 Å². The Morgan fingerprint density at radius 1 is 0.618 bits per heavy atom. The molecule has 0 amide bonds. The van der Waals surface area contributed by atoms with Gasteiger partial charge in [-0.15, -0.1) is 0 Å². The van der Waals surface area contributed by atoms with Crippen molar-refractivity contribution in [1.29, 1.82) is 0 Å². The summed E-state index contributed by atoms with van der Waals surface area (Å²) in [5, 5.41) is 3.44. The summed E-state index contributed by atoms with van der Waals surface area (Å²) in [6, 6.07) is 33.0. The maximum absolute atomic E-state index is 5.32. The topological polar surface area (TPSA) is 30.5 Å². The largest absolute Gasteiger partial charge is 0.497 e. The Morgan fingerprint density at radius 3 is 1.56 bits per heavy atom. The van der Waals surface area contributed by atoms with E-state index in [4.69, 9.17) is 9.47 Å². The average molecular weight is 448 g/mol. The van der Waals surface area contributed by atoms with Gasteiger partial charge in [0.1, 0.15) is 11.5 Å². The Bertz CT molecular complexity index is 1200. The van der Waals surface area contributed by atoms with E-state index in [-0.39, 0.29) is 0 Å². The van der Waals surface area contributed by atoms with Gasteiger partial charge in [0.25, 0.3) is 0 Å². The number of benzene rings is 4. The maximum Gasteiger partial charge on any atom is 0.118 e. The first-order valence-corrected chi connectivity index (χ1v) is 11.3. The van der Waals surface area contributed by atoms with Crippen LogP contribution in [0.4, 0.5) is 11.4 Å². The van der Waals surface area contributed by atoms with Gasteiger partial charge in [-0.05, 0) is 77.7 Å². The van der Waals surface area contributed by atoms with E-state index in [1.165, 1.54) is 5.56 Å². The minimum atomic E-state index is 0.840. The van der Waals surface area contributed by atoms with Gasteiger partial charge < -0.3 is 14.8 Å². The van der Waals surface area contributed by atoms with E-state index in [0.29, 0.717) is 0 Å². The molecule has 0 heterocycles. The number of anilines is 2. The van der Waals surface area contributed by atoms with Crippen molar-refractivity contribution >= 4 is 23.0 Å². The first-order valence-electron chi connectivity index (χ1n) is 11.3. The van der Waals surface area contributed by atoms with Crippen LogP contribution in [0.3, 0.4) is 0 Å². The predicted molar refractivity (Wildman–Crippen MR) is 143 cm³/mol. The highest BCUT2D eigenvalue weighted by Gasteiger charge is 2.05. The van der Waals surface area contributed by atoms with Gasteiger partial charge in [0.05, 0.1) is 14.2 Å². The molecule has 0 saturated heterocycles. The smallest absolute Gasteiger partial charge is 0.118 e. The third-order valence-electron chi connectivity index (χ3n) is 5.60. The van der Waals surface area contributed by atoms with Crippen molar-refractivity contribution in [1.82, 2.24) is 0 Å². The van der Waals surface area contributed by atoms with Crippen LogP contribution in [-0.4, -0.2) is 14.2 Å². The van der Waals surface area contributed by atoms with Crippen LogP contribution < -0.4 is 14.8 Å². The lowest BCUT2D eigenvalue weighted by molar-refractivity contribution is 0.414. The SMILES string of the molecule is COc1ccc(C(=C/C=C/c2ccc(Nc3ccc(C)cc3)cc2)c2ccc(OC)cc2)cc1. The molecular weight excluding hydrogens is 418 g/mol. The quantitative estimate of drug-likeness (QED) is 0.278. The Balaban J connectivity index is 1.54. The molecule has 4 rings (SSSR count). The van der Waals surface area contributed by atoms with Gasteiger partial charge in [0.15, 0.2) is 0 Å². The minimum Gasteiger partial charge on any atom is -0.497 e. The van der Waals surface area contributed by atoms with Crippen molar-refractivity contribution in [2.45, 2.75) is 6.92 Å². The summed E-state index contributed by atoms with van der Waals surface area (Å²) in [6.45, 7) is 2.09. The molecule has 34 heavy (non-hydrogen) atoms. The normalized spacial score (nSPS) is 10.7. The van der Waals surface area contributed by atoms with E-state index < -0.39 is 0 Å². The van der Waals surface area contributed by atoms with Gasteiger partial charge in [-0.1, -0.05) is 72.3 Å². The lowest BCUT2D eigenvalue weighted by atomic mass is 9.97. The van der Waals surface area contributed by atoms with Crippen molar-refractivity contribution in [3.05, 3.63) is 131 Å². The number of aryl methyl sites for hydroxylation is 1. The lowest BCUT2D eigenvalue weighted by Crippen LogP contribution is -1.90. The number of hydrogen-bond acceptors (Lipinski definition) is 3. The Morgan fingerprint density at radius 2 is 1.09 bits per heavy atom. The molecule has 0 fully saturated rings. The zero-order chi connectivity index (χ0) is 23.8. The zero-order valence-corrected chi connectivity index (χ0v) is 19.8. The first-order chi connectivity index (χ1) is 16.6. The minimum absolute atomic E-state index is 0.840. The highest BCUT2D eigenvalue weighted by molar-refractivity contribution is 5.82. The standard InChI is InChI=1S/C31H29NO2/c1-23-7-15-27(16-8-23)32-28-17-9-24(10-18-28)5-4-6-31(25-11-19-29(33-2)20-12-25)26-13-21-30(34-3)22-14-26/h4-22,32H,1-3H3/b5-4+. The van der Waals surface area contributed by atoms with Gasteiger partial charge in [-0.2, -0.15) is 0 Å². The van der Waals surface area contributed by atoms with Gasteiger partial charge in [0.2, 0.25) is 0 Å². The zero-order valence-electron chi connectivity index (χ0n) is 19.8. The summed E-state index contributed by atoms with van der Waals surface area (Å²) < 4.78 is 10.6. The molecule has 3 nitrogen and oxygen atoms in total. The Labute approximate surface area is 202 Å². The van der Waals surface area contributed by atoms with Gasteiger partial charge in [0, 0.05) is 11.4 Å². The van der Waals surface area contributed by atoms with Gasteiger partial charge in [-0.3, -0.25) is 0 Å². The summed E-state index contributed by atoms with van der Waals surface area (Å²) in [6.07, 6.45) is 6.34. The van der Waals surface area contributed by atoms with E-state index in [2.05, 4.69) is 103 Å². The van der Waals surface area contributed by atoms with E-state index in [9.17, 15) is 0 Å². The molecule has 0 saturated carbocycles. The molecule has 170 valence electrons. The highest BCUT2D eigenvalue weighted by Crippen LogP contribution is 2.27. The fraction of sp³-hybridized carbons (Fsp3) is 0.0968. The molecule has 0 atom stereocenters. The van der Waals surface area contributed by atoms with Crippen LogP contribution >= 0.6 is 0 Å². The van der Waals surface area contributed by atoms with E-state index in [0.717, 1.165) is 45.1 Å². The predicted octanol–water partition coefficient (Wildman–Crippen LogP) is 7.90. The summed E-state index contributed by atoms with van der Waals surface area (Å²) in [5.41, 5.74) is 7.90. The number of allylic oxidation sites excluding steroid dienone is 2. The Kier molecular flexibility index (Phi) is 7.46. The average Bonchev–Trinajstić information content (AvgIpc) is 2.89. The molecular formula is C31H29NO2. The molecule has 0 aliphatic carbocycles. The van der Waals surface area contributed by atoms with Crippen LogP contribution in [0.1, 0.15) is 22.3 Å². The van der Waals surface area contributed by atoms with Crippen molar-refractivity contribution in [2.75, 3.05) is 19.5 Å². The van der Waals surface area contributed by atoms with Crippen LogP contribution in [0.25, 0.3) is 11.6 Å². The van der Waals surface area contributed by atoms with Crippen molar-refractivity contribution in [3.8, 4) is 11.5 Å². The van der Waals surface area contributed by atoms with E-state index >= 15 is 0 Å². The van der Waals surface area contributed by atoms with Crippen LogP contribution in [0.15, 0.2) is 109 Å². The number of nitrogens with one attached hydrogen (secondary N) is 1. The van der Waals surface area contributed by atoms with E-state index in [1.807, 2.05) is 24.3 Å². The monoisotopic (exact) mass is 447 g/mol. The molecule has 0 aliphatic rings. The molecule has 0 aromatic heterocycles. The number of ether oxygens (including phenoxy) is 2. The summed E-state index contributed by atoms with van der Waals surface area (Å²) in [4.78, 5) is 0. The van der Waals surface area contributed by atoms with Gasteiger partial charge in [-0.25, -0.2) is 0 Å². The third-order valence-corrected chi connectivity index (χ3v) is 5.60. The van der Waals surface area contributed by atoms with Crippen LogP contribution in [0.5, 0.6) is 11.5 Å². The molecule has 0 unspecified atom stereocenters. The van der Waals surface area contributed by atoms with Crippen molar-refractivity contribution < 1.29 is 9.47 Å². The molecule has 0 bridgehead atoms. The fourth-order valence-electron chi connectivity index (χ4n) is 3.64. The fourth-order valence-corrected chi connectivity index (χ4v) is 3.64. The summed E-state index contributed by atoms with van der Waals surface area (Å²) in [7, 11) is 3.36. The molecule has 3 heteroatoms. The van der Waals surface area contributed by atoms with Crippen molar-refractivity contribution in [3.63, 3.8) is 0 Å². The molecule has 0 aliphatic heterocycles. The van der Waals surface area contributed by atoms with Crippen LogP contribution in [0, 0.1) is 6.92 Å². The van der Waals surface area contributed by atoms with Gasteiger partial charge >= 0.3 is 0 Å². The molecule has 4 aromatic rings. The molecule has 1 N–H and O–H groups in total. The molecule has 4 aromatic carbocycles. The second kappa shape index (κ2) is 11.1. The second-order valence-electron chi connectivity index (χ2n) is 8.01. The number of rotatable bonds is 8. The number of hydrogen-bond donors (Lipinski definition) is 1. The number of methoxy groups -OCH3 is 2. The second-order valence-corrected chi connectivity index (χ2v) is 8.01. The summed E-state index contributed by atoms with van der Waals surface area (Å²) in [5.74, 6) is 1.68. The maximum atomic E-state index is 5.32. The lowest BCUT2D eigenvalue weighted by Gasteiger charge is -2.10. The first kappa shape index (κ1) is 22.9. The van der Waals surface area contributed by atoms with Crippen LogP contribution in [0.2, 0.25) is 0 Å². The van der Waals surface area contributed by atoms with Crippen molar-refractivity contribution in [2.24, 2.45) is 0 Å². The third kappa shape index (κ3) is 5.96. The summed E-state index contributed by atoms with van der Waals surface area (Å²) >= 11 is 0. The highest BCUT2D eigenvalue weighted by atomic mass is 16.5. The molecule has 0 spiro atoms. The van der Waals surface area contributed by atoms with Crippen LogP contribution in [-0.2, 0) is 0 Å². The molecule has 0 radical (unpaired) electrons.